The zero-order valence-electron chi connectivity index (χ0n) is 6.63. The second kappa shape index (κ2) is 2.79. The molecular weight excluding hydrogens is 144 g/mol. The molecule has 2 atom stereocenters. The minimum Gasteiger partial charge on any atom is -0.480 e. The molecule has 0 aromatic heterocycles. The van der Waals surface area contributed by atoms with Crippen LogP contribution in [0.4, 0.5) is 0 Å². The summed E-state index contributed by atoms with van der Waals surface area (Å²) in [6.07, 6.45) is 0.860. The van der Waals surface area contributed by atoms with Crippen molar-refractivity contribution in [1.82, 2.24) is 5.32 Å². The van der Waals surface area contributed by atoms with Crippen molar-refractivity contribution in [3.8, 4) is 0 Å². The third kappa shape index (κ3) is 1.52. The highest BCUT2D eigenvalue weighted by Gasteiger charge is 2.38. The monoisotopic (exact) mass is 158 g/mol. The molecule has 1 saturated heterocycles. The van der Waals surface area contributed by atoms with Crippen LogP contribution >= 0.6 is 0 Å². The van der Waals surface area contributed by atoms with Gasteiger partial charge in [-0.2, -0.15) is 0 Å². The van der Waals surface area contributed by atoms with Crippen LogP contribution in [0.5, 0.6) is 0 Å². The minimum atomic E-state index is -1.07. The molecule has 4 N–H and O–H groups in total. The van der Waals surface area contributed by atoms with E-state index in [2.05, 4.69) is 5.32 Å². The lowest BCUT2D eigenvalue weighted by molar-refractivity contribution is -0.144. The van der Waals surface area contributed by atoms with Crippen molar-refractivity contribution in [2.45, 2.75) is 18.9 Å². The average Bonchev–Trinajstić information content (AvgIpc) is 2.37. The topological polar surface area (TPSA) is 75.4 Å². The molecule has 11 heavy (non-hydrogen) atoms. The first-order valence-electron chi connectivity index (χ1n) is 3.78. The van der Waals surface area contributed by atoms with Crippen molar-refractivity contribution in [1.29, 1.82) is 0 Å². The van der Waals surface area contributed by atoms with E-state index >= 15 is 0 Å². The Hall–Kier alpha value is -0.610. The van der Waals surface area contributed by atoms with E-state index in [-0.39, 0.29) is 5.92 Å². The first kappa shape index (κ1) is 8.49. The van der Waals surface area contributed by atoms with Crippen LogP contribution in [-0.2, 0) is 4.79 Å². The molecule has 0 aromatic rings. The maximum absolute atomic E-state index is 10.7. The molecule has 0 aliphatic carbocycles. The predicted molar refractivity (Wildman–Crippen MR) is 41.2 cm³/mol. The number of nitrogens with one attached hydrogen (secondary N) is 1. The summed E-state index contributed by atoms with van der Waals surface area (Å²) in [4.78, 5) is 10.7. The number of aliphatic carboxylic acids is 1. The van der Waals surface area contributed by atoms with Gasteiger partial charge in [0.2, 0.25) is 0 Å². The molecule has 4 heteroatoms. The Kier molecular flexibility index (Phi) is 2.15. The Morgan fingerprint density at radius 3 is 2.82 bits per heavy atom. The molecule has 0 amide bonds. The SMILES string of the molecule is CC(N)(C(=O)O)C1CCNC1. The Bertz CT molecular complexity index is 162. The van der Waals surface area contributed by atoms with Gasteiger partial charge in [0.25, 0.3) is 0 Å². The first-order valence-corrected chi connectivity index (χ1v) is 3.78. The highest BCUT2D eigenvalue weighted by Crippen LogP contribution is 2.20. The van der Waals surface area contributed by atoms with Gasteiger partial charge in [-0.05, 0) is 19.9 Å². The van der Waals surface area contributed by atoms with Gasteiger partial charge in [0.15, 0.2) is 0 Å². The van der Waals surface area contributed by atoms with Gasteiger partial charge in [0, 0.05) is 12.5 Å². The third-order valence-electron chi connectivity index (χ3n) is 2.37. The highest BCUT2D eigenvalue weighted by molar-refractivity contribution is 5.78. The summed E-state index contributed by atoms with van der Waals surface area (Å²) >= 11 is 0. The van der Waals surface area contributed by atoms with Gasteiger partial charge in [-0.25, -0.2) is 0 Å². The van der Waals surface area contributed by atoms with Crippen molar-refractivity contribution < 1.29 is 9.90 Å². The summed E-state index contributed by atoms with van der Waals surface area (Å²) in [5.74, 6) is -0.841. The number of hydrogen-bond acceptors (Lipinski definition) is 3. The summed E-state index contributed by atoms with van der Waals surface area (Å²) in [6, 6.07) is 0. The Morgan fingerprint density at radius 2 is 2.45 bits per heavy atom. The van der Waals surface area contributed by atoms with Crippen molar-refractivity contribution >= 4 is 5.97 Å². The molecule has 0 radical (unpaired) electrons. The molecule has 0 spiro atoms. The lowest BCUT2D eigenvalue weighted by Gasteiger charge is -2.25. The summed E-state index contributed by atoms with van der Waals surface area (Å²) < 4.78 is 0. The van der Waals surface area contributed by atoms with E-state index in [9.17, 15) is 4.79 Å². The third-order valence-corrected chi connectivity index (χ3v) is 2.37. The van der Waals surface area contributed by atoms with E-state index in [1.807, 2.05) is 0 Å². The van der Waals surface area contributed by atoms with Crippen LogP contribution in [0.2, 0.25) is 0 Å². The largest absolute Gasteiger partial charge is 0.480 e. The second-order valence-electron chi connectivity index (χ2n) is 3.28. The lowest BCUT2D eigenvalue weighted by Crippen LogP contribution is -2.52. The van der Waals surface area contributed by atoms with Gasteiger partial charge in [-0.3, -0.25) is 4.79 Å². The number of hydrogen-bond donors (Lipinski definition) is 3. The zero-order chi connectivity index (χ0) is 8.48. The molecule has 0 saturated carbocycles. The van der Waals surface area contributed by atoms with Crippen LogP contribution in [-0.4, -0.2) is 29.7 Å². The maximum Gasteiger partial charge on any atom is 0.323 e. The number of carbonyl (C=O) groups is 1. The van der Waals surface area contributed by atoms with Crippen molar-refractivity contribution in [2.75, 3.05) is 13.1 Å². The van der Waals surface area contributed by atoms with E-state index in [4.69, 9.17) is 10.8 Å². The zero-order valence-corrected chi connectivity index (χ0v) is 6.63. The number of carboxylic acids is 1. The van der Waals surface area contributed by atoms with Gasteiger partial charge in [-0.1, -0.05) is 0 Å². The molecule has 1 fully saturated rings. The fraction of sp³-hybridized carbons (Fsp3) is 0.857. The number of carboxylic acid groups (broad SMARTS) is 1. The average molecular weight is 158 g/mol. The van der Waals surface area contributed by atoms with Gasteiger partial charge in [-0.15, -0.1) is 0 Å². The van der Waals surface area contributed by atoms with E-state index in [0.717, 1.165) is 19.5 Å². The fourth-order valence-corrected chi connectivity index (χ4v) is 1.34. The molecule has 1 rings (SSSR count). The van der Waals surface area contributed by atoms with Gasteiger partial charge < -0.3 is 16.2 Å². The number of nitrogens with two attached hydrogens (primary N) is 1. The summed E-state index contributed by atoms with van der Waals surface area (Å²) in [5, 5.41) is 11.8. The smallest absolute Gasteiger partial charge is 0.323 e. The van der Waals surface area contributed by atoms with Crippen LogP contribution in [0.25, 0.3) is 0 Å². The van der Waals surface area contributed by atoms with E-state index in [1.54, 1.807) is 6.92 Å². The molecular formula is C7H14N2O2. The molecule has 1 aliphatic rings. The van der Waals surface area contributed by atoms with Crippen LogP contribution in [0.1, 0.15) is 13.3 Å². The summed E-state index contributed by atoms with van der Waals surface area (Å²) in [6.45, 7) is 3.18. The number of rotatable bonds is 2. The van der Waals surface area contributed by atoms with Crippen molar-refractivity contribution in [2.24, 2.45) is 11.7 Å². The molecule has 64 valence electrons. The van der Waals surface area contributed by atoms with Crippen molar-refractivity contribution in [3.05, 3.63) is 0 Å². The molecule has 2 unspecified atom stereocenters. The maximum atomic E-state index is 10.7. The standard InChI is InChI=1S/C7H14N2O2/c1-7(8,6(10)11)5-2-3-9-4-5/h5,9H,2-4,8H2,1H3,(H,10,11). The summed E-state index contributed by atoms with van der Waals surface area (Å²) in [5.41, 5.74) is 4.56. The normalized spacial score (nSPS) is 29.8. The predicted octanol–water partition coefficient (Wildman–Crippen LogP) is -0.602. The minimum absolute atomic E-state index is 0.0694. The molecule has 4 nitrogen and oxygen atoms in total. The Balaban J connectivity index is 2.62. The second-order valence-corrected chi connectivity index (χ2v) is 3.28. The Labute approximate surface area is 65.8 Å². The molecule has 1 aliphatic heterocycles. The fourth-order valence-electron chi connectivity index (χ4n) is 1.34. The van der Waals surface area contributed by atoms with Crippen molar-refractivity contribution in [3.63, 3.8) is 0 Å². The van der Waals surface area contributed by atoms with E-state index in [0.29, 0.717) is 0 Å². The van der Waals surface area contributed by atoms with Gasteiger partial charge in [0.1, 0.15) is 5.54 Å². The van der Waals surface area contributed by atoms with E-state index < -0.39 is 11.5 Å². The lowest BCUT2D eigenvalue weighted by atomic mass is 9.86. The summed E-state index contributed by atoms with van der Waals surface area (Å²) in [7, 11) is 0. The molecule has 0 aromatic carbocycles. The van der Waals surface area contributed by atoms with E-state index in [1.165, 1.54) is 0 Å². The quantitative estimate of drug-likeness (QED) is 0.501. The van der Waals surface area contributed by atoms with Crippen LogP contribution in [0, 0.1) is 5.92 Å². The first-order chi connectivity index (χ1) is 5.05. The van der Waals surface area contributed by atoms with Crippen LogP contribution in [0.3, 0.4) is 0 Å². The van der Waals surface area contributed by atoms with Gasteiger partial charge in [0.05, 0.1) is 0 Å². The van der Waals surface area contributed by atoms with Gasteiger partial charge >= 0.3 is 5.97 Å². The molecule has 1 heterocycles. The Morgan fingerprint density at radius 1 is 1.82 bits per heavy atom. The molecule has 0 bridgehead atoms. The van der Waals surface area contributed by atoms with Crippen LogP contribution in [0.15, 0.2) is 0 Å². The highest BCUT2D eigenvalue weighted by atomic mass is 16.4. The van der Waals surface area contributed by atoms with Crippen LogP contribution < -0.4 is 11.1 Å².